The van der Waals surface area contributed by atoms with Crippen molar-refractivity contribution in [1.82, 2.24) is 9.88 Å². The number of carbonyl (C=O) groups is 1. The monoisotopic (exact) mass is 324 g/mol. The van der Waals surface area contributed by atoms with Gasteiger partial charge in [0.05, 0.1) is 7.11 Å². The van der Waals surface area contributed by atoms with E-state index in [0.29, 0.717) is 6.54 Å². The second-order valence-corrected chi connectivity index (χ2v) is 5.82. The van der Waals surface area contributed by atoms with Gasteiger partial charge in [0.2, 0.25) is 0 Å². The zero-order chi connectivity index (χ0) is 17.1. The maximum Gasteiger partial charge on any atom is 0.404 e. The van der Waals surface area contributed by atoms with Gasteiger partial charge >= 0.3 is 6.09 Å². The summed E-state index contributed by atoms with van der Waals surface area (Å²) in [5.74, 6) is 0.830. The normalized spacial score (nSPS) is 12.1. The molecule has 0 saturated carbocycles. The van der Waals surface area contributed by atoms with Gasteiger partial charge in [-0.25, -0.2) is 4.79 Å². The Balaban J connectivity index is 1.91. The highest BCUT2D eigenvalue weighted by Crippen LogP contribution is 2.27. The maximum absolute atomic E-state index is 10.8. The first kappa shape index (κ1) is 15.9. The molecule has 1 aromatic heterocycles. The Morgan fingerprint density at radius 2 is 1.88 bits per heavy atom. The zero-order valence-electron chi connectivity index (χ0n) is 13.7. The summed E-state index contributed by atoms with van der Waals surface area (Å²) >= 11 is 0. The van der Waals surface area contributed by atoms with Gasteiger partial charge in [-0.3, -0.25) is 0 Å². The van der Waals surface area contributed by atoms with Crippen LogP contribution in [0.1, 0.15) is 6.92 Å². The van der Waals surface area contributed by atoms with E-state index in [1.165, 1.54) is 0 Å². The molecular formula is C19H20N2O3. The summed E-state index contributed by atoms with van der Waals surface area (Å²) < 4.78 is 7.27. The van der Waals surface area contributed by atoms with Crippen LogP contribution in [-0.4, -0.2) is 28.9 Å². The van der Waals surface area contributed by atoms with Gasteiger partial charge in [0.1, 0.15) is 5.75 Å². The van der Waals surface area contributed by atoms with Crippen molar-refractivity contribution in [2.75, 3.05) is 7.11 Å². The lowest BCUT2D eigenvalue weighted by atomic mass is 10.0. The lowest BCUT2D eigenvalue weighted by Crippen LogP contribution is -2.34. The van der Waals surface area contributed by atoms with Gasteiger partial charge in [-0.05, 0) is 47.7 Å². The van der Waals surface area contributed by atoms with E-state index in [1.807, 2.05) is 43.5 Å². The van der Waals surface area contributed by atoms with Crippen LogP contribution in [0.25, 0.3) is 22.0 Å². The molecule has 1 amide bonds. The number of ether oxygens (including phenoxy) is 1. The summed E-state index contributed by atoms with van der Waals surface area (Å²) in [5, 5.41) is 12.5. The van der Waals surface area contributed by atoms with Crippen LogP contribution in [-0.2, 0) is 6.54 Å². The van der Waals surface area contributed by atoms with Crippen LogP contribution < -0.4 is 10.1 Å². The fourth-order valence-electron chi connectivity index (χ4n) is 2.86. The van der Waals surface area contributed by atoms with Gasteiger partial charge in [-0.1, -0.05) is 24.3 Å². The van der Waals surface area contributed by atoms with Gasteiger partial charge in [0.25, 0.3) is 0 Å². The number of benzene rings is 2. The first-order valence-electron chi connectivity index (χ1n) is 7.79. The number of fused-ring (bicyclic) bond motifs is 1. The van der Waals surface area contributed by atoms with Gasteiger partial charge in [-0.2, -0.15) is 0 Å². The molecular weight excluding hydrogens is 304 g/mol. The van der Waals surface area contributed by atoms with Crippen molar-refractivity contribution in [2.45, 2.75) is 19.5 Å². The third kappa shape index (κ3) is 3.35. The second-order valence-electron chi connectivity index (χ2n) is 5.82. The number of hydrogen-bond acceptors (Lipinski definition) is 2. The van der Waals surface area contributed by atoms with E-state index < -0.39 is 6.09 Å². The van der Waals surface area contributed by atoms with Crippen molar-refractivity contribution < 1.29 is 14.6 Å². The number of amides is 1. The topological polar surface area (TPSA) is 63.5 Å². The highest BCUT2D eigenvalue weighted by molar-refractivity contribution is 5.85. The minimum Gasteiger partial charge on any atom is -0.497 e. The molecule has 5 nitrogen and oxygen atoms in total. The molecule has 3 rings (SSSR count). The smallest absolute Gasteiger partial charge is 0.404 e. The van der Waals surface area contributed by atoms with Crippen LogP contribution >= 0.6 is 0 Å². The first-order valence-corrected chi connectivity index (χ1v) is 7.79. The van der Waals surface area contributed by atoms with Crippen LogP contribution in [0, 0.1) is 0 Å². The number of methoxy groups -OCH3 is 1. The Morgan fingerprint density at radius 3 is 2.54 bits per heavy atom. The molecule has 124 valence electrons. The van der Waals surface area contributed by atoms with E-state index in [-0.39, 0.29) is 6.04 Å². The lowest BCUT2D eigenvalue weighted by molar-refractivity contribution is 0.189. The molecule has 0 spiro atoms. The number of aromatic nitrogens is 1. The molecule has 5 heteroatoms. The molecule has 24 heavy (non-hydrogen) atoms. The standard InChI is InChI=1S/C19H20N2O3/c1-13(20-19(22)23)12-21-10-9-15-3-4-16(11-18(15)21)14-5-7-17(24-2)8-6-14/h3-11,13,20H,12H2,1-2H3,(H,22,23)/t13-/m0/s1. The van der Waals surface area contributed by atoms with E-state index in [9.17, 15) is 4.79 Å². The predicted octanol–water partition coefficient (Wildman–Crippen LogP) is 3.97. The van der Waals surface area contributed by atoms with Crippen molar-refractivity contribution in [3.05, 3.63) is 54.7 Å². The van der Waals surface area contributed by atoms with Crippen LogP contribution in [0.5, 0.6) is 5.75 Å². The van der Waals surface area contributed by atoms with Crippen LogP contribution in [0.4, 0.5) is 4.79 Å². The second kappa shape index (κ2) is 6.66. The van der Waals surface area contributed by atoms with Gasteiger partial charge in [0, 0.05) is 24.3 Å². The Morgan fingerprint density at radius 1 is 1.17 bits per heavy atom. The number of rotatable bonds is 5. The molecule has 0 aliphatic carbocycles. The van der Waals surface area contributed by atoms with E-state index >= 15 is 0 Å². The fourth-order valence-corrected chi connectivity index (χ4v) is 2.86. The summed E-state index contributed by atoms with van der Waals surface area (Å²) in [4.78, 5) is 10.8. The summed E-state index contributed by atoms with van der Waals surface area (Å²) in [6.45, 7) is 2.44. The molecule has 3 aromatic rings. The molecule has 0 bridgehead atoms. The van der Waals surface area contributed by atoms with Crippen molar-refractivity contribution in [3.8, 4) is 16.9 Å². The van der Waals surface area contributed by atoms with Crippen molar-refractivity contribution in [2.24, 2.45) is 0 Å². The lowest BCUT2D eigenvalue weighted by Gasteiger charge is -2.14. The van der Waals surface area contributed by atoms with Crippen molar-refractivity contribution in [1.29, 1.82) is 0 Å². The Kier molecular flexibility index (Phi) is 4.42. The average molecular weight is 324 g/mol. The minimum absolute atomic E-state index is 0.164. The largest absolute Gasteiger partial charge is 0.497 e. The molecule has 2 N–H and O–H groups in total. The molecule has 1 atom stereocenters. The number of nitrogens with one attached hydrogen (secondary N) is 1. The Hall–Kier alpha value is -2.95. The maximum atomic E-state index is 10.8. The zero-order valence-corrected chi connectivity index (χ0v) is 13.7. The first-order chi connectivity index (χ1) is 11.6. The molecule has 0 radical (unpaired) electrons. The van der Waals surface area contributed by atoms with E-state index in [2.05, 4.69) is 28.1 Å². The van der Waals surface area contributed by atoms with Crippen LogP contribution in [0.2, 0.25) is 0 Å². The molecule has 0 aliphatic rings. The highest BCUT2D eigenvalue weighted by atomic mass is 16.5. The molecule has 0 aliphatic heterocycles. The van der Waals surface area contributed by atoms with Crippen LogP contribution in [0.3, 0.4) is 0 Å². The third-order valence-corrected chi connectivity index (χ3v) is 4.04. The average Bonchev–Trinajstić information content (AvgIpc) is 2.96. The number of hydrogen-bond donors (Lipinski definition) is 2. The molecule has 0 unspecified atom stereocenters. The summed E-state index contributed by atoms with van der Waals surface area (Å²) in [6, 6.07) is 16.1. The summed E-state index contributed by atoms with van der Waals surface area (Å²) in [5.41, 5.74) is 3.31. The van der Waals surface area contributed by atoms with Crippen LogP contribution in [0.15, 0.2) is 54.7 Å². The fraction of sp³-hybridized carbons (Fsp3) is 0.211. The molecule has 1 heterocycles. The van der Waals surface area contributed by atoms with Gasteiger partial charge in [-0.15, -0.1) is 0 Å². The van der Waals surface area contributed by atoms with Crippen molar-refractivity contribution in [3.63, 3.8) is 0 Å². The van der Waals surface area contributed by atoms with Gasteiger partial charge in [0.15, 0.2) is 0 Å². The SMILES string of the molecule is COc1ccc(-c2ccc3ccn(C[C@H](C)NC(=O)O)c3c2)cc1. The predicted molar refractivity (Wildman–Crippen MR) is 94.5 cm³/mol. The summed E-state index contributed by atoms with van der Waals surface area (Å²) in [6.07, 6.45) is 0.987. The summed E-state index contributed by atoms with van der Waals surface area (Å²) in [7, 11) is 1.65. The number of carboxylic acid groups (broad SMARTS) is 1. The van der Waals surface area contributed by atoms with E-state index in [4.69, 9.17) is 9.84 Å². The third-order valence-electron chi connectivity index (χ3n) is 4.04. The van der Waals surface area contributed by atoms with Crippen molar-refractivity contribution >= 4 is 17.0 Å². The van der Waals surface area contributed by atoms with Gasteiger partial charge < -0.3 is 19.7 Å². The van der Waals surface area contributed by atoms with E-state index in [1.54, 1.807) is 7.11 Å². The molecule has 0 fully saturated rings. The molecule has 0 saturated heterocycles. The Labute approximate surface area is 140 Å². The highest BCUT2D eigenvalue weighted by Gasteiger charge is 2.09. The number of nitrogens with zero attached hydrogens (tertiary/aromatic N) is 1. The molecule has 2 aromatic carbocycles. The quantitative estimate of drug-likeness (QED) is 0.746. The van der Waals surface area contributed by atoms with E-state index in [0.717, 1.165) is 27.8 Å². The Bertz CT molecular complexity index is 853. The minimum atomic E-state index is -1.00.